The summed E-state index contributed by atoms with van der Waals surface area (Å²) in [5.41, 5.74) is 0.555. The summed E-state index contributed by atoms with van der Waals surface area (Å²) in [4.78, 5) is 13.6. The number of nitrogens with zero attached hydrogens (tertiary/aromatic N) is 1. The SMILES string of the molecule is COc1cc(F)cc(NCC(=O)N2CCCC2)c1. The van der Waals surface area contributed by atoms with Gasteiger partial charge >= 0.3 is 0 Å². The number of rotatable bonds is 4. The molecule has 0 aliphatic carbocycles. The molecule has 98 valence electrons. The molecule has 1 aliphatic heterocycles. The molecule has 1 saturated heterocycles. The Bertz CT molecular complexity index is 431. The molecular formula is C13H17FN2O2. The number of nitrogens with one attached hydrogen (secondary N) is 1. The molecule has 5 heteroatoms. The Morgan fingerprint density at radius 1 is 1.39 bits per heavy atom. The van der Waals surface area contributed by atoms with Gasteiger partial charge < -0.3 is 15.0 Å². The van der Waals surface area contributed by atoms with Crippen LogP contribution in [0.15, 0.2) is 18.2 Å². The Labute approximate surface area is 106 Å². The van der Waals surface area contributed by atoms with Gasteiger partial charge in [-0.1, -0.05) is 0 Å². The number of benzene rings is 1. The van der Waals surface area contributed by atoms with Crippen molar-refractivity contribution in [1.29, 1.82) is 0 Å². The first-order chi connectivity index (χ1) is 8.69. The second-order valence-corrected chi connectivity index (χ2v) is 4.32. The zero-order chi connectivity index (χ0) is 13.0. The number of hydrogen-bond acceptors (Lipinski definition) is 3. The van der Waals surface area contributed by atoms with E-state index in [-0.39, 0.29) is 18.3 Å². The largest absolute Gasteiger partial charge is 0.497 e. The Hall–Kier alpha value is -1.78. The molecule has 4 nitrogen and oxygen atoms in total. The van der Waals surface area contributed by atoms with Crippen molar-refractivity contribution in [2.75, 3.05) is 32.1 Å². The zero-order valence-electron chi connectivity index (χ0n) is 10.4. The molecule has 1 fully saturated rings. The van der Waals surface area contributed by atoms with E-state index < -0.39 is 0 Å². The molecule has 0 saturated carbocycles. The molecule has 1 heterocycles. The average molecular weight is 252 g/mol. The first-order valence-corrected chi connectivity index (χ1v) is 6.05. The van der Waals surface area contributed by atoms with Crippen LogP contribution in [-0.4, -0.2) is 37.6 Å². The maximum atomic E-state index is 13.2. The number of carbonyl (C=O) groups excluding carboxylic acids is 1. The van der Waals surface area contributed by atoms with Crippen LogP contribution < -0.4 is 10.1 Å². The summed E-state index contributed by atoms with van der Waals surface area (Å²) in [6.45, 7) is 1.84. The lowest BCUT2D eigenvalue weighted by atomic mass is 10.3. The number of hydrogen-bond donors (Lipinski definition) is 1. The second-order valence-electron chi connectivity index (χ2n) is 4.32. The van der Waals surface area contributed by atoms with Crippen molar-refractivity contribution in [3.8, 4) is 5.75 Å². The smallest absolute Gasteiger partial charge is 0.241 e. The zero-order valence-corrected chi connectivity index (χ0v) is 10.4. The van der Waals surface area contributed by atoms with Gasteiger partial charge in [-0.05, 0) is 18.9 Å². The van der Waals surface area contributed by atoms with Gasteiger partial charge in [0, 0.05) is 30.9 Å². The van der Waals surface area contributed by atoms with Crippen molar-refractivity contribution >= 4 is 11.6 Å². The first kappa shape index (κ1) is 12.7. The topological polar surface area (TPSA) is 41.6 Å². The third-order valence-corrected chi connectivity index (χ3v) is 3.01. The molecule has 18 heavy (non-hydrogen) atoms. The monoisotopic (exact) mass is 252 g/mol. The second kappa shape index (κ2) is 5.71. The fourth-order valence-electron chi connectivity index (χ4n) is 2.04. The van der Waals surface area contributed by atoms with E-state index in [1.807, 2.05) is 4.90 Å². The van der Waals surface area contributed by atoms with Crippen LogP contribution in [0.1, 0.15) is 12.8 Å². The summed E-state index contributed by atoms with van der Waals surface area (Å²) in [7, 11) is 1.48. The number of amides is 1. The van der Waals surface area contributed by atoms with E-state index in [9.17, 15) is 9.18 Å². The molecule has 1 aromatic rings. The molecular weight excluding hydrogens is 235 g/mol. The van der Waals surface area contributed by atoms with E-state index in [1.165, 1.54) is 19.2 Å². The lowest BCUT2D eigenvalue weighted by Crippen LogP contribution is -2.32. The van der Waals surface area contributed by atoms with Crippen molar-refractivity contribution in [2.24, 2.45) is 0 Å². The highest BCUT2D eigenvalue weighted by Gasteiger charge is 2.17. The number of carbonyl (C=O) groups is 1. The van der Waals surface area contributed by atoms with Gasteiger partial charge in [-0.3, -0.25) is 4.79 Å². The van der Waals surface area contributed by atoms with Crippen LogP contribution in [0.2, 0.25) is 0 Å². The Morgan fingerprint density at radius 2 is 2.11 bits per heavy atom. The normalized spacial score (nSPS) is 14.7. The molecule has 1 aliphatic rings. The minimum absolute atomic E-state index is 0.0516. The molecule has 0 radical (unpaired) electrons. The van der Waals surface area contributed by atoms with E-state index in [4.69, 9.17) is 4.74 Å². The molecule has 1 N–H and O–H groups in total. The lowest BCUT2D eigenvalue weighted by molar-refractivity contribution is -0.128. The van der Waals surface area contributed by atoms with E-state index in [0.29, 0.717) is 11.4 Å². The van der Waals surface area contributed by atoms with Crippen molar-refractivity contribution in [3.63, 3.8) is 0 Å². The summed E-state index contributed by atoms with van der Waals surface area (Å²) >= 11 is 0. The highest BCUT2D eigenvalue weighted by molar-refractivity contribution is 5.81. The summed E-state index contributed by atoms with van der Waals surface area (Å²) in [5.74, 6) is 0.104. The molecule has 0 spiro atoms. The van der Waals surface area contributed by atoms with Crippen molar-refractivity contribution in [3.05, 3.63) is 24.0 Å². The van der Waals surface area contributed by atoms with Crippen LogP contribution in [-0.2, 0) is 4.79 Å². The first-order valence-electron chi connectivity index (χ1n) is 6.05. The van der Waals surface area contributed by atoms with Gasteiger partial charge in [0.25, 0.3) is 0 Å². The molecule has 1 aromatic carbocycles. The standard InChI is InChI=1S/C13H17FN2O2/c1-18-12-7-10(14)6-11(8-12)15-9-13(17)16-4-2-3-5-16/h6-8,15H,2-5,9H2,1H3. The third-order valence-electron chi connectivity index (χ3n) is 3.01. The number of methoxy groups -OCH3 is 1. The Kier molecular flexibility index (Phi) is 4.02. The number of likely N-dealkylation sites (tertiary alicyclic amines) is 1. The van der Waals surface area contributed by atoms with E-state index >= 15 is 0 Å². The molecule has 0 unspecified atom stereocenters. The Morgan fingerprint density at radius 3 is 2.78 bits per heavy atom. The van der Waals surface area contributed by atoms with Crippen LogP contribution in [0.3, 0.4) is 0 Å². The van der Waals surface area contributed by atoms with Crippen molar-refractivity contribution in [1.82, 2.24) is 4.90 Å². The predicted octanol–water partition coefficient (Wildman–Crippen LogP) is 1.87. The van der Waals surface area contributed by atoms with E-state index in [0.717, 1.165) is 25.9 Å². The number of ether oxygens (including phenoxy) is 1. The molecule has 0 bridgehead atoms. The van der Waals surface area contributed by atoms with Crippen LogP contribution in [0.25, 0.3) is 0 Å². The van der Waals surface area contributed by atoms with Gasteiger partial charge in [-0.2, -0.15) is 0 Å². The van der Waals surface area contributed by atoms with Crippen molar-refractivity contribution in [2.45, 2.75) is 12.8 Å². The minimum Gasteiger partial charge on any atom is -0.497 e. The summed E-state index contributed by atoms with van der Waals surface area (Å²) in [6, 6.07) is 4.31. The van der Waals surface area contributed by atoms with Gasteiger partial charge in [-0.15, -0.1) is 0 Å². The fraction of sp³-hybridized carbons (Fsp3) is 0.462. The molecule has 0 atom stereocenters. The summed E-state index contributed by atoms with van der Waals surface area (Å²) < 4.78 is 18.2. The highest BCUT2D eigenvalue weighted by Crippen LogP contribution is 2.19. The van der Waals surface area contributed by atoms with Gasteiger partial charge in [0.05, 0.1) is 13.7 Å². The quantitative estimate of drug-likeness (QED) is 0.889. The minimum atomic E-state index is -0.384. The third kappa shape index (κ3) is 3.12. The van der Waals surface area contributed by atoms with E-state index in [2.05, 4.69) is 5.32 Å². The molecule has 1 amide bonds. The van der Waals surface area contributed by atoms with E-state index in [1.54, 1.807) is 6.07 Å². The highest BCUT2D eigenvalue weighted by atomic mass is 19.1. The number of anilines is 1. The fourth-order valence-corrected chi connectivity index (χ4v) is 2.04. The van der Waals surface area contributed by atoms with Crippen LogP contribution in [0, 0.1) is 5.82 Å². The van der Waals surface area contributed by atoms with Gasteiger partial charge in [0.15, 0.2) is 0 Å². The van der Waals surface area contributed by atoms with Crippen LogP contribution in [0.5, 0.6) is 5.75 Å². The summed E-state index contributed by atoms with van der Waals surface area (Å²) in [5, 5.41) is 2.93. The number of halogens is 1. The average Bonchev–Trinajstić information content (AvgIpc) is 2.89. The Balaban J connectivity index is 1.92. The van der Waals surface area contributed by atoms with Gasteiger partial charge in [-0.25, -0.2) is 4.39 Å². The van der Waals surface area contributed by atoms with Gasteiger partial charge in [0.1, 0.15) is 11.6 Å². The maximum Gasteiger partial charge on any atom is 0.241 e. The summed E-state index contributed by atoms with van der Waals surface area (Å²) in [6.07, 6.45) is 2.14. The lowest BCUT2D eigenvalue weighted by Gasteiger charge is -2.16. The molecule has 2 rings (SSSR count). The maximum absolute atomic E-state index is 13.2. The molecule has 0 aromatic heterocycles. The van der Waals surface area contributed by atoms with Crippen LogP contribution >= 0.6 is 0 Å². The van der Waals surface area contributed by atoms with Crippen molar-refractivity contribution < 1.29 is 13.9 Å². The van der Waals surface area contributed by atoms with Gasteiger partial charge in [0.2, 0.25) is 5.91 Å². The van der Waals surface area contributed by atoms with Crippen LogP contribution in [0.4, 0.5) is 10.1 Å². The predicted molar refractivity (Wildman–Crippen MR) is 67.3 cm³/mol.